The number of benzene rings is 1. The fourth-order valence-corrected chi connectivity index (χ4v) is 4.72. The van der Waals surface area contributed by atoms with Crippen LogP contribution >= 0.6 is 31.9 Å². The van der Waals surface area contributed by atoms with Crippen LogP contribution in [-0.2, 0) is 0 Å². The van der Waals surface area contributed by atoms with Gasteiger partial charge in [-0.3, -0.25) is 0 Å². The maximum absolute atomic E-state index is 8.60. The Morgan fingerprint density at radius 2 is 1.92 bits per heavy atom. The van der Waals surface area contributed by atoms with Gasteiger partial charge in [0.1, 0.15) is 11.7 Å². The molecule has 2 aliphatic rings. The molecule has 0 saturated heterocycles. The van der Waals surface area contributed by atoms with E-state index >= 15 is 0 Å². The van der Waals surface area contributed by atoms with Crippen molar-refractivity contribution in [1.82, 2.24) is 0 Å². The molecule has 2 nitrogen and oxygen atoms in total. The van der Waals surface area contributed by atoms with Crippen molar-refractivity contribution in [2.45, 2.75) is 31.7 Å². The molecule has 0 aromatic heterocycles. The third kappa shape index (κ3) is 5.37. The Balaban J connectivity index is 1.78. The van der Waals surface area contributed by atoms with Crippen LogP contribution < -0.4 is 5.32 Å². The highest BCUT2D eigenvalue weighted by molar-refractivity contribution is 9.11. The van der Waals surface area contributed by atoms with Gasteiger partial charge < -0.3 is 10.7 Å². The lowest BCUT2D eigenvalue weighted by Crippen LogP contribution is -2.86. The van der Waals surface area contributed by atoms with E-state index in [0.29, 0.717) is 12.0 Å². The first kappa shape index (κ1) is 18.6. The lowest BCUT2D eigenvalue weighted by Gasteiger charge is -2.24. The molecule has 2 atom stereocenters. The summed E-state index contributed by atoms with van der Waals surface area (Å²) in [5.74, 6) is 0.447. The lowest BCUT2D eigenvalue weighted by atomic mass is 9.86. The Kier molecular flexibility index (Phi) is 6.63. The molecule has 0 bridgehead atoms. The number of rotatable bonds is 6. The van der Waals surface area contributed by atoms with Gasteiger partial charge in [-0.25, -0.2) is 0 Å². The second-order valence-corrected chi connectivity index (χ2v) is 8.42. The summed E-state index contributed by atoms with van der Waals surface area (Å²) in [6.07, 6.45) is 19.0. The Morgan fingerprint density at radius 1 is 1.12 bits per heavy atom. The first-order valence-corrected chi connectivity index (χ1v) is 10.3. The summed E-state index contributed by atoms with van der Waals surface area (Å²) in [4.78, 5) is 0. The van der Waals surface area contributed by atoms with E-state index in [9.17, 15) is 0 Å². The van der Waals surface area contributed by atoms with Crippen LogP contribution in [0.1, 0.15) is 25.7 Å². The molecule has 3 rings (SSSR count). The van der Waals surface area contributed by atoms with Gasteiger partial charge in [-0.15, -0.1) is 0 Å². The summed E-state index contributed by atoms with van der Waals surface area (Å²) in [6, 6.07) is 6.66. The minimum absolute atomic E-state index is 0.321. The predicted molar refractivity (Wildman–Crippen MR) is 112 cm³/mol. The molecule has 1 aromatic carbocycles. The molecule has 0 spiro atoms. The van der Waals surface area contributed by atoms with Crippen LogP contribution in [0, 0.1) is 11.3 Å². The summed E-state index contributed by atoms with van der Waals surface area (Å²) in [6.45, 7) is 0. The van der Waals surface area contributed by atoms with E-state index in [-0.39, 0.29) is 0 Å². The highest BCUT2D eigenvalue weighted by Gasteiger charge is 2.26. The van der Waals surface area contributed by atoms with Gasteiger partial charge in [0.2, 0.25) is 0 Å². The van der Waals surface area contributed by atoms with Crippen LogP contribution in [-0.4, -0.2) is 11.8 Å². The first-order chi connectivity index (χ1) is 12.1. The number of nitrogens with two attached hydrogens (primary N) is 1. The number of hydrogen-bond donors (Lipinski definition) is 2. The summed E-state index contributed by atoms with van der Waals surface area (Å²) in [5, 5.41) is 10.9. The fourth-order valence-electron chi connectivity index (χ4n) is 3.39. The minimum atomic E-state index is 0.321. The van der Waals surface area contributed by atoms with Gasteiger partial charge in [-0.05, 0) is 30.9 Å². The van der Waals surface area contributed by atoms with Gasteiger partial charge in [-0.2, -0.15) is 0 Å². The Hall–Kier alpha value is -1.23. The van der Waals surface area contributed by atoms with Gasteiger partial charge in [-0.1, -0.05) is 74.4 Å². The molecule has 0 radical (unpaired) electrons. The van der Waals surface area contributed by atoms with E-state index in [1.807, 2.05) is 0 Å². The average Bonchev–Trinajstić information content (AvgIpc) is 2.62. The third-order valence-corrected chi connectivity index (χ3v) is 5.61. The smallest absolute Gasteiger partial charge is 0.132 e. The van der Waals surface area contributed by atoms with Crippen molar-refractivity contribution in [2.75, 3.05) is 0 Å². The minimum Gasteiger partial charge on any atom is -0.311 e. The van der Waals surface area contributed by atoms with Gasteiger partial charge >= 0.3 is 0 Å². The number of halogens is 2. The monoisotopic (exact) mass is 461 g/mol. The van der Waals surface area contributed by atoms with Crippen LogP contribution in [0.2, 0.25) is 0 Å². The Morgan fingerprint density at radius 3 is 2.56 bits per heavy atom. The van der Waals surface area contributed by atoms with Crippen molar-refractivity contribution >= 4 is 43.3 Å². The SMILES string of the molecule is N=C(CC([NH2+]c1cc(Br)cc(Br)c1)C1C=CC=CC1)C1=CC=CCC1. The molecular weight excluding hydrogens is 440 g/mol. The van der Waals surface area contributed by atoms with Crippen LogP contribution in [0.3, 0.4) is 0 Å². The fraction of sp³-hybridized carbons (Fsp3) is 0.286. The van der Waals surface area contributed by atoms with Crippen molar-refractivity contribution in [1.29, 1.82) is 5.41 Å². The topological polar surface area (TPSA) is 40.5 Å². The predicted octanol–water partition coefficient (Wildman–Crippen LogP) is 5.59. The maximum atomic E-state index is 8.60. The second-order valence-electron chi connectivity index (χ2n) is 6.59. The zero-order chi connectivity index (χ0) is 17.6. The molecule has 4 heteroatoms. The lowest BCUT2D eigenvalue weighted by molar-refractivity contribution is -0.615. The summed E-state index contributed by atoms with van der Waals surface area (Å²) < 4.78 is 2.14. The van der Waals surface area contributed by atoms with E-state index in [2.05, 4.69) is 97.9 Å². The average molecular weight is 463 g/mol. The van der Waals surface area contributed by atoms with E-state index in [1.54, 1.807) is 0 Å². The second kappa shape index (κ2) is 8.93. The molecule has 0 saturated carbocycles. The molecule has 2 unspecified atom stereocenters. The van der Waals surface area contributed by atoms with E-state index < -0.39 is 0 Å². The van der Waals surface area contributed by atoms with Crippen LogP contribution in [0.5, 0.6) is 0 Å². The molecular formula is C21H23Br2N2+. The number of nitrogens with one attached hydrogen (secondary N) is 1. The zero-order valence-electron chi connectivity index (χ0n) is 14.1. The largest absolute Gasteiger partial charge is 0.311 e. The molecule has 130 valence electrons. The van der Waals surface area contributed by atoms with Gasteiger partial charge in [0.05, 0.1) is 0 Å². The van der Waals surface area contributed by atoms with Crippen LogP contribution in [0.15, 0.2) is 75.2 Å². The quantitative estimate of drug-likeness (QED) is 0.408. The summed E-state index contributed by atoms with van der Waals surface area (Å²) in [5.41, 5.74) is 3.16. The van der Waals surface area contributed by atoms with E-state index in [4.69, 9.17) is 5.41 Å². The summed E-state index contributed by atoms with van der Waals surface area (Å²) in [7, 11) is 0. The van der Waals surface area contributed by atoms with Crippen LogP contribution in [0.4, 0.5) is 5.69 Å². The normalized spacial score (nSPS) is 20.4. The first-order valence-electron chi connectivity index (χ1n) is 8.69. The van der Waals surface area contributed by atoms with Gasteiger partial charge in [0.15, 0.2) is 0 Å². The molecule has 0 heterocycles. The Bertz CT molecular complexity index is 739. The molecule has 0 fully saturated rings. The number of quaternary nitrogens is 1. The van der Waals surface area contributed by atoms with E-state index in [1.165, 1.54) is 11.3 Å². The zero-order valence-corrected chi connectivity index (χ0v) is 17.3. The van der Waals surface area contributed by atoms with Gasteiger partial charge in [0, 0.05) is 39.1 Å². The molecule has 2 aliphatic carbocycles. The molecule has 3 N–H and O–H groups in total. The molecule has 25 heavy (non-hydrogen) atoms. The van der Waals surface area contributed by atoms with Crippen molar-refractivity contribution in [3.05, 3.63) is 75.2 Å². The molecule has 0 amide bonds. The Labute approximate surface area is 166 Å². The highest BCUT2D eigenvalue weighted by atomic mass is 79.9. The van der Waals surface area contributed by atoms with Crippen molar-refractivity contribution in [3.8, 4) is 0 Å². The summed E-state index contributed by atoms with van der Waals surface area (Å²) >= 11 is 7.16. The number of hydrogen-bond acceptors (Lipinski definition) is 1. The van der Waals surface area contributed by atoms with Crippen molar-refractivity contribution in [3.63, 3.8) is 0 Å². The van der Waals surface area contributed by atoms with E-state index in [0.717, 1.165) is 40.3 Å². The standard InChI is InChI=1S/C21H22Br2N2/c22-17-11-18(23)13-19(12-17)25-21(16-9-5-2-6-10-16)14-20(24)15-7-3-1-4-8-15/h1-3,5-7,9,11-13,16,21,24-25H,4,8,10,14H2/p+1. The van der Waals surface area contributed by atoms with Crippen molar-refractivity contribution in [2.24, 2.45) is 5.92 Å². The maximum Gasteiger partial charge on any atom is 0.132 e. The third-order valence-electron chi connectivity index (χ3n) is 4.70. The highest BCUT2D eigenvalue weighted by Crippen LogP contribution is 2.24. The van der Waals surface area contributed by atoms with Gasteiger partial charge in [0.25, 0.3) is 0 Å². The molecule has 0 aliphatic heterocycles. The number of allylic oxidation sites excluding steroid dienone is 7. The van der Waals surface area contributed by atoms with Crippen LogP contribution in [0.25, 0.3) is 0 Å². The van der Waals surface area contributed by atoms with Crippen molar-refractivity contribution < 1.29 is 5.32 Å². The molecule has 1 aromatic rings.